The third-order valence-electron chi connectivity index (χ3n) is 4.05. The lowest BCUT2D eigenvalue weighted by atomic mass is 9.85. The molecule has 6 nitrogen and oxygen atoms in total. The highest BCUT2D eigenvalue weighted by Gasteiger charge is 2.47. The van der Waals surface area contributed by atoms with Crippen molar-refractivity contribution in [1.82, 2.24) is 4.90 Å². The van der Waals surface area contributed by atoms with Crippen LogP contribution in [0, 0.1) is 11.8 Å². The van der Waals surface area contributed by atoms with Crippen LogP contribution in [0.3, 0.4) is 0 Å². The van der Waals surface area contributed by atoms with E-state index in [1.165, 1.54) is 24.3 Å². The number of carbonyl (C=O) groups is 3. The highest BCUT2D eigenvalue weighted by atomic mass is 16.5. The summed E-state index contributed by atoms with van der Waals surface area (Å²) in [7, 11) is 1.27. The highest BCUT2D eigenvalue weighted by molar-refractivity contribution is 6.05. The van der Waals surface area contributed by atoms with Gasteiger partial charge < -0.3 is 9.15 Å². The molecule has 0 spiro atoms. The van der Waals surface area contributed by atoms with Crippen molar-refractivity contribution < 1.29 is 23.5 Å². The minimum Gasteiger partial charge on any atom is -0.467 e. The Morgan fingerprint density at radius 3 is 2.48 bits per heavy atom. The zero-order valence-electron chi connectivity index (χ0n) is 11.6. The molecule has 3 rings (SSSR count). The number of imide groups is 1. The summed E-state index contributed by atoms with van der Waals surface area (Å²) in [6.07, 6.45) is 6.40. The second kappa shape index (κ2) is 5.20. The summed E-state index contributed by atoms with van der Waals surface area (Å²) < 4.78 is 9.89. The maximum Gasteiger partial charge on any atom is 0.341 e. The summed E-state index contributed by atoms with van der Waals surface area (Å²) in [4.78, 5) is 37.5. The van der Waals surface area contributed by atoms with E-state index in [4.69, 9.17) is 4.42 Å². The maximum absolute atomic E-state index is 12.3. The molecule has 0 saturated carbocycles. The lowest BCUT2D eigenvalue weighted by Gasteiger charge is -2.14. The van der Waals surface area contributed by atoms with Crippen molar-refractivity contribution in [3.05, 3.63) is 35.8 Å². The Morgan fingerprint density at radius 1 is 1.29 bits per heavy atom. The summed E-state index contributed by atoms with van der Waals surface area (Å²) in [6, 6.07) is 1.47. The molecule has 1 aliphatic carbocycles. The molecule has 0 radical (unpaired) electrons. The molecule has 2 aliphatic rings. The zero-order chi connectivity index (χ0) is 15.0. The SMILES string of the molecule is COC(=O)c1ccoc1CN1C(=O)[C@H]2CC=CC[C@@H]2C1=O. The van der Waals surface area contributed by atoms with E-state index in [2.05, 4.69) is 4.74 Å². The number of amides is 2. The van der Waals surface area contributed by atoms with Gasteiger partial charge in [-0.1, -0.05) is 12.2 Å². The van der Waals surface area contributed by atoms with E-state index in [0.29, 0.717) is 12.8 Å². The minimum atomic E-state index is -0.545. The van der Waals surface area contributed by atoms with Crippen molar-refractivity contribution in [1.29, 1.82) is 0 Å². The van der Waals surface area contributed by atoms with Gasteiger partial charge in [0.2, 0.25) is 11.8 Å². The second-order valence-electron chi connectivity index (χ2n) is 5.17. The molecule has 2 heterocycles. The quantitative estimate of drug-likeness (QED) is 0.479. The third-order valence-corrected chi connectivity index (χ3v) is 4.05. The normalized spacial score (nSPS) is 24.3. The molecular formula is C15H15NO5. The van der Waals surface area contributed by atoms with Gasteiger partial charge in [-0.25, -0.2) is 4.79 Å². The van der Waals surface area contributed by atoms with Crippen LogP contribution >= 0.6 is 0 Å². The lowest BCUT2D eigenvalue weighted by molar-refractivity contribution is -0.140. The third kappa shape index (κ3) is 2.16. The van der Waals surface area contributed by atoms with Crippen molar-refractivity contribution in [3.63, 3.8) is 0 Å². The smallest absolute Gasteiger partial charge is 0.341 e. The fourth-order valence-corrected chi connectivity index (χ4v) is 2.92. The Hall–Kier alpha value is -2.37. The summed E-state index contributed by atoms with van der Waals surface area (Å²) in [5.41, 5.74) is 0.242. The number of furan rings is 1. The predicted octanol–water partition coefficient (Wildman–Crippen LogP) is 1.52. The van der Waals surface area contributed by atoms with Gasteiger partial charge in [-0.3, -0.25) is 14.5 Å². The van der Waals surface area contributed by atoms with Gasteiger partial charge >= 0.3 is 5.97 Å². The van der Waals surface area contributed by atoms with Crippen molar-refractivity contribution >= 4 is 17.8 Å². The molecule has 1 aromatic rings. The number of esters is 1. The molecule has 1 fully saturated rings. The van der Waals surface area contributed by atoms with Crippen LogP contribution in [0.2, 0.25) is 0 Å². The molecule has 0 N–H and O–H groups in total. The summed E-state index contributed by atoms with van der Waals surface area (Å²) in [5.74, 6) is -1.21. The maximum atomic E-state index is 12.3. The van der Waals surface area contributed by atoms with Crippen LogP contribution < -0.4 is 0 Å². The monoisotopic (exact) mass is 289 g/mol. The molecular weight excluding hydrogens is 274 g/mol. The number of likely N-dealkylation sites (tertiary alicyclic amines) is 1. The molecule has 2 atom stereocenters. The van der Waals surface area contributed by atoms with Crippen LogP contribution in [0.1, 0.15) is 29.0 Å². The van der Waals surface area contributed by atoms with E-state index in [1.807, 2.05) is 12.2 Å². The largest absolute Gasteiger partial charge is 0.467 e. The Kier molecular flexibility index (Phi) is 3.37. The number of nitrogens with zero attached hydrogens (tertiary/aromatic N) is 1. The molecule has 0 unspecified atom stereocenters. The van der Waals surface area contributed by atoms with E-state index >= 15 is 0 Å². The molecule has 21 heavy (non-hydrogen) atoms. The first kappa shape index (κ1) is 13.6. The van der Waals surface area contributed by atoms with E-state index in [1.54, 1.807) is 0 Å². The van der Waals surface area contributed by atoms with E-state index in [9.17, 15) is 14.4 Å². The van der Waals surface area contributed by atoms with E-state index < -0.39 is 5.97 Å². The summed E-state index contributed by atoms with van der Waals surface area (Å²) in [5, 5.41) is 0. The van der Waals surface area contributed by atoms with Gasteiger partial charge in [-0.2, -0.15) is 0 Å². The summed E-state index contributed by atoms with van der Waals surface area (Å²) in [6.45, 7) is -0.0257. The number of carbonyl (C=O) groups excluding carboxylic acids is 3. The Bertz CT molecular complexity index is 604. The van der Waals surface area contributed by atoms with Crippen molar-refractivity contribution in [2.75, 3.05) is 7.11 Å². The van der Waals surface area contributed by atoms with Crippen LogP contribution in [-0.4, -0.2) is 29.8 Å². The molecule has 1 aliphatic heterocycles. The van der Waals surface area contributed by atoms with Crippen molar-refractivity contribution in [2.24, 2.45) is 11.8 Å². The van der Waals surface area contributed by atoms with Gasteiger partial charge in [0, 0.05) is 0 Å². The van der Waals surface area contributed by atoms with Crippen LogP contribution in [-0.2, 0) is 20.9 Å². The second-order valence-corrected chi connectivity index (χ2v) is 5.17. The van der Waals surface area contributed by atoms with Crippen LogP contribution in [0.25, 0.3) is 0 Å². The number of hydrogen-bond donors (Lipinski definition) is 0. The molecule has 110 valence electrons. The van der Waals surface area contributed by atoms with E-state index in [0.717, 1.165) is 0 Å². The van der Waals surface area contributed by atoms with E-state index in [-0.39, 0.29) is 41.5 Å². The van der Waals surface area contributed by atoms with Crippen molar-refractivity contribution in [2.45, 2.75) is 19.4 Å². The van der Waals surface area contributed by atoms with Gasteiger partial charge in [0.15, 0.2) is 0 Å². The molecule has 6 heteroatoms. The van der Waals surface area contributed by atoms with Crippen LogP contribution in [0.5, 0.6) is 0 Å². The first-order valence-corrected chi connectivity index (χ1v) is 6.78. The Balaban J connectivity index is 1.83. The van der Waals surface area contributed by atoms with Crippen molar-refractivity contribution in [3.8, 4) is 0 Å². The zero-order valence-corrected chi connectivity index (χ0v) is 11.6. The number of allylic oxidation sites excluding steroid dienone is 2. The van der Waals surface area contributed by atoms with Crippen LogP contribution in [0.15, 0.2) is 28.9 Å². The summed E-state index contributed by atoms with van der Waals surface area (Å²) >= 11 is 0. The highest BCUT2D eigenvalue weighted by Crippen LogP contribution is 2.36. The average Bonchev–Trinajstić information content (AvgIpc) is 3.06. The first-order valence-electron chi connectivity index (χ1n) is 6.78. The number of hydrogen-bond acceptors (Lipinski definition) is 5. The predicted molar refractivity (Wildman–Crippen MR) is 71.0 cm³/mol. The first-order chi connectivity index (χ1) is 10.1. The molecule has 2 amide bonds. The van der Waals surface area contributed by atoms with Gasteiger partial charge in [0.25, 0.3) is 0 Å². The van der Waals surface area contributed by atoms with Gasteiger partial charge in [-0.05, 0) is 18.9 Å². The molecule has 1 aromatic heterocycles. The van der Waals surface area contributed by atoms with Gasteiger partial charge in [0.05, 0.1) is 31.8 Å². The topological polar surface area (TPSA) is 76.8 Å². The Labute approximate surface area is 121 Å². The fraction of sp³-hybridized carbons (Fsp3) is 0.400. The number of methoxy groups -OCH3 is 1. The molecule has 0 aromatic carbocycles. The number of fused-ring (bicyclic) bond motifs is 1. The molecule has 0 bridgehead atoms. The fourth-order valence-electron chi connectivity index (χ4n) is 2.92. The lowest BCUT2D eigenvalue weighted by Crippen LogP contribution is -2.31. The van der Waals surface area contributed by atoms with Crippen LogP contribution in [0.4, 0.5) is 0 Å². The standard InChI is InChI=1S/C15H15NO5/c1-20-15(19)11-6-7-21-12(11)8-16-13(17)9-4-2-3-5-10(9)14(16)18/h2-3,6-7,9-10H,4-5,8H2,1H3/t9-,10-/m0/s1. The number of rotatable bonds is 3. The Morgan fingerprint density at radius 2 is 1.90 bits per heavy atom. The van der Waals surface area contributed by atoms with Gasteiger partial charge in [-0.15, -0.1) is 0 Å². The minimum absolute atomic E-state index is 0.0257. The molecule has 1 saturated heterocycles. The average molecular weight is 289 g/mol. The number of ether oxygens (including phenoxy) is 1. The van der Waals surface area contributed by atoms with Gasteiger partial charge in [0.1, 0.15) is 11.3 Å².